The normalized spacial score (nSPS) is 10.0. The van der Waals surface area contributed by atoms with Crippen molar-refractivity contribution in [2.75, 3.05) is 18.5 Å². The van der Waals surface area contributed by atoms with Gasteiger partial charge in [-0.2, -0.15) is 0 Å². The number of rotatable bonds is 6. The van der Waals surface area contributed by atoms with Gasteiger partial charge < -0.3 is 15.4 Å². The van der Waals surface area contributed by atoms with Crippen molar-refractivity contribution in [3.05, 3.63) is 58.8 Å². The Balaban J connectivity index is 1.71. The zero-order valence-corrected chi connectivity index (χ0v) is 13.6. The maximum Gasteiger partial charge on any atom is 0.258 e. The number of ether oxygens (including phenoxy) is 1. The van der Waals surface area contributed by atoms with Crippen molar-refractivity contribution in [3.8, 4) is 5.75 Å². The van der Waals surface area contributed by atoms with Crippen LogP contribution in [0.2, 0.25) is 0 Å². The van der Waals surface area contributed by atoms with Crippen molar-refractivity contribution < 1.29 is 18.7 Å². The Labute approximate surface area is 141 Å². The maximum absolute atomic E-state index is 12.7. The molecule has 120 valence electrons. The highest BCUT2D eigenvalue weighted by Gasteiger charge is 2.07. The van der Waals surface area contributed by atoms with Crippen LogP contribution < -0.4 is 15.4 Å². The van der Waals surface area contributed by atoms with E-state index in [9.17, 15) is 14.0 Å². The van der Waals surface area contributed by atoms with Crippen molar-refractivity contribution >= 4 is 33.4 Å². The number of benzene rings is 2. The highest BCUT2D eigenvalue weighted by Crippen LogP contribution is 2.17. The number of nitrogens with one attached hydrogen (secondary N) is 2. The number of amides is 2. The highest BCUT2D eigenvalue weighted by molar-refractivity contribution is 9.10. The van der Waals surface area contributed by atoms with Gasteiger partial charge in [-0.05, 0) is 42.5 Å². The van der Waals surface area contributed by atoms with Crippen LogP contribution in [0.25, 0.3) is 0 Å². The minimum Gasteiger partial charge on any atom is -0.484 e. The molecular weight excluding hydrogens is 367 g/mol. The van der Waals surface area contributed by atoms with Crippen LogP contribution in [0.3, 0.4) is 0 Å². The molecule has 23 heavy (non-hydrogen) atoms. The highest BCUT2D eigenvalue weighted by atomic mass is 79.9. The number of halogens is 2. The molecule has 0 heterocycles. The Hall–Kier alpha value is -2.41. The first-order valence-corrected chi connectivity index (χ1v) is 7.53. The monoisotopic (exact) mass is 380 g/mol. The summed E-state index contributed by atoms with van der Waals surface area (Å²) >= 11 is 3.30. The summed E-state index contributed by atoms with van der Waals surface area (Å²) in [4.78, 5) is 23.3. The van der Waals surface area contributed by atoms with Crippen LogP contribution in [0.1, 0.15) is 0 Å². The molecule has 2 aromatic carbocycles. The molecule has 5 nitrogen and oxygen atoms in total. The standard InChI is InChI=1S/C16H14BrFN2O3/c17-11-2-1-3-14(8-11)23-10-16(22)19-9-15(21)20-13-6-4-12(18)5-7-13/h1-8H,9-10H2,(H,19,22)(H,20,21). The minimum absolute atomic E-state index is 0.194. The van der Waals surface area contributed by atoms with Gasteiger partial charge in [0.05, 0.1) is 6.54 Å². The number of hydrogen-bond donors (Lipinski definition) is 2. The zero-order valence-electron chi connectivity index (χ0n) is 12.0. The van der Waals surface area contributed by atoms with Gasteiger partial charge in [0.1, 0.15) is 11.6 Å². The van der Waals surface area contributed by atoms with Crippen molar-refractivity contribution in [1.29, 1.82) is 0 Å². The van der Waals surface area contributed by atoms with Crippen molar-refractivity contribution in [2.45, 2.75) is 0 Å². The van der Waals surface area contributed by atoms with Gasteiger partial charge in [-0.3, -0.25) is 9.59 Å². The molecule has 0 aliphatic heterocycles. The van der Waals surface area contributed by atoms with E-state index in [1.807, 2.05) is 6.07 Å². The number of anilines is 1. The van der Waals surface area contributed by atoms with Crippen LogP contribution >= 0.6 is 15.9 Å². The Morgan fingerprint density at radius 1 is 1.09 bits per heavy atom. The fraction of sp³-hybridized carbons (Fsp3) is 0.125. The predicted octanol–water partition coefficient (Wildman–Crippen LogP) is 2.72. The van der Waals surface area contributed by atoms with Gasteiger partial charge in [-0.15, -0.1) is 0 Å². The summed E-state index contributed by atoms with van der Waals surface area (Å²) in [5.41, 5.74) is 0.455. The Morgan fingerprint density at radius 2 is 1.83 bits per heavy atom. The smallest absolute Gasteiger partial charge is 0.258 e. The molecular formula is C16H14BrFN2O3. The van der Waals surface area contributed by atoms with Crippen LogP contribution in [0, 0.1) is 5.82 Å². The average Bonchev–Trinajstić information content (AvgIpc) is 2.53. The molecule has 2 rings (SSSR count). The van der Waals surface area contributed by atoms with Crippen LogP contribution in [0.5, 0.6) is 5.75 Å². The second kappa shape index (κ2) is 8.28. The molecule has 0 bridgehead atoms. The van der Waals surface area contributed by atoms with Gasteiger partial charge in [0.25, 0.3) is 5.91 Å². The topological polar surface area (TPSA) is 67.4 Å². The molecule has 0 aliphatic carbocycles. The largest absolute Gasteiger partial charge is 0.484 e. The van der Waals surface area contributed by atoms with Crippen LogP contribution in [-0.4, -0.2) is 25.0 Å². The third-order valence-electron chi connectivity index (χ3n) is 2.74. The van der Waals surface area contributed by atoms with Crippen molar-refractivity contribution in [1.82, 2.24) is 5.32 Å². The lowest BCUT2D eigenvalue weighted by Crippen LogP contribution is -2.35. The summed E-state index contributed by atoms with van der Waals surface area (Å²) < 4.78 is 18.9. The molecule has 0 atom stereocenters. The lowest BCUT2D eigenvalue weighted by Gasteiger charge is -2.08. The van der Waals surface area contributed by atoms with E-state index >= 15 is 0 Å². The van der Waals surface area contributed by atoms with Crippen LogP contribution in [0.4, 0.5) is 10.1 Å². The van der Waals surface area contributed by atoms with Gasteiger partial charge in [-0.25, -0.2) is 4.39 Å². The fourth-order valence-corrected chi connectivity index (χ4v) is 2.05. The van der Waals surface area contributed by atoms with E-state index in [1.54, 1.807) is 18.2 Å². The lowest BCUT2D eigenvalue weighted by atomic mass is 10.3. The number of hydrogen-bond acceptors (Lipinski definition) is 3. The fourth-order valence-electron chi connectivity index (χ4n) is 1.67. The first-order valence-electron chi connectivity index (χ1n) is 6.73. The summed E-state index contributed by atoms with van der Waals surface area (Å²) in [6, 6.07) is 12.4. The SMILES string of the molecule is O=C(COc1cccc(Br)c1)NCC(=O)Nc1ccc(F)cc1. The molecule has 0 spiro atoms. The molecule has 7 heteroatoms. The van der Waals surface area contributed by atoms with Gasteiger partial charge in [-0.1, -0.05) is 22.0 Å². The minimum atomic E-state index is -0.417. The van der Waals surface area contributed by atoms with E-state index in [1.165, 1.54) is 24.3 Å². The summed E-state index contributed by atoms with van der Waals surface area (Å²) in [5, 5.41) is 4.98. The predicted molar refractivity (Wildman–Crippen MR) is 87.7 cm³/mol. The summed E-state index contributed by atoms with van der Waals surface area (Å²) in [6.07, 6.45) is 0. The van der Waals surface area contributed by atoms with Gasteiger partial charge >= 0.3 is 0 Å². The van der Waals surface area contributed by atoms with Gasteiger partial charge in [0.15, 0.2) is 6.61 Å². The average molecular weight is 381 g/mol. The first kappa shape index (κ1) is 17.0. The van der Waals surface area contributed by atoms with Crippen molar-refractivity contribution in [3.63, 3.8) is 0 Å². The zero-order chi connectivity index (χ0) is 16.7. The Bertz CT molecular complexity index is 692. The molecule has 0 radical (unpaired) electrons. The molecule has 2 N–H and O–H groups in total. The quantitative estimate of drug-likeness (QED) is 0.809. The third-order valence-corrected chi connectivity index (χ3v) is 3.23. The van der Waals surface area contributed by atoms with Crippen molar-refractivity contribution in [2.24, 2.45) is 0 Å². The summed E-state index contributed by atoms with van der Waals surface area (Å²) in [5.74, 6) is -0.669. The number of carbonyl (C=O) groups excluding carboxylic acids is 2. The van der Waals surface area contributed by atoms with Crippen LogP contribution in [0.15, 0.2) is 53.0 Å². The van der Waals surface area contributed by atoms with E-state index in [0.717, 1.165) is 4.47 Å². The van der Waals surface area contributed by atoms with E-state index in [2.05, 4.69) is 26.6 Å². The second-order valence-electron chi connectivity index (χ2n) is 4.58. The molecule has 0 saturated heterocycles. The van der Waals surface area contributed by atoms with E-state index in [0.29, 0.717) is 11.4 Å². The molecule has 0 saturated carbocycles. The molecule has 0 fully saturated rings. The first-order chi connectivity index (χ1) is 11.0. The molecule has 0 aliphatic rings. The summed E-state index contributed by atoms with van der Waals surface area (Å²) in [6.45, 7) is -0.391. The Kier molecular flexibility index (Phi) is 6.10. The molecule has 2 aromatic rings. The van der Waals surface area contributed by atoms with E-state index < -0.39 is 11.8 Å². The summed E-state index contributed by atoms with van der Waals surface area (Å²) in [7, 11) is 0. The van der Waals surface area contributed by atoms with E-state index in [-0.39, 0.29) is 19.0 Å². The lowest BCUT2D eigenvalue weighted by molar-refractivity contribution is -0.125. The van der Waals surface area contributed by atoms with Crippen LogP contribution in [-0.2, 0) is 9.59 Å². The maximum atomic E-state index is 12.7. The second-order valence-corrected chi connectivity index (χ2v) is 5.49. The molecule has 0 aromatic heterocycles. The van der Waals surface area contributed by atoms with E-state index in [4.69, 9.17) is 4.74 Å². The van der Waals surface area contributed by atoms with Gasteiger partial charge in [0, 0.05) is 10.2 Å². The van der Waals surface area contributed by atoms with Gasteiger partial charge in [0.2, 0.25) is 5.91 Å². The molecule has 0 unspecified atom stereocenters. The number of carbonyl (C=O) groups is 2. The molecule has 2 amide bonds. The Morgan fingerprint density at radius 3 is 2.52 bits per heavy atom. The third kappa shape index (κ3) is 6.07.